The van der Waals surface area contributed by atoms with E-state index in [0.29, 0.717) is 6.42 Å². The van der Waals surface area contributed by atoms with E-state index in [1.807, 2.05) is 29.2 Å². The molecule has 1 aromatic carbocycles. The van der Waals surface area contributed by atoms with Crippen molar-refractivity contribution in [3.8, 4) is 0 Å². The Hall–Kier alpha value is -1.61. The predicted molar refractivity (Wildman–Crippen MR) is 66.8 cm³/mol. The van der Waals surface area contributed by atoms with Gasteiger partial charge in [-0.25, -0.2) is 0 Å². The lowest BCUT2D eigenvalue weighted by Crippen LogP contribution is -2.45. The molecule has 1 heterocycles. The lowest BCUT2D eigenvalue weighted by atomic mass is 9.94. The SMILES string of the molecule is C=CCCN1Cc2ccccc2CC1C(=O)O. The van der Waals surface area contributed by atoms with Gasteiger partial charge < -0.3 is 5.11 Å². The molecule has 0 fully saturated rings. The van der Waals surface area contributed by atoms with Gasteiger partial charge in [0, 0.05) is 13.1 Å². The van der Waals surface area contributed by atoms with Crippen molar-refractivity contribution in [2.45, 2.75) is 25.4 Å². The molecule has 17 heavy (non-hydrogen) atoms. The summed E-state index contributed by atoms with van der Waals surface area (Å²) in [6.45, 7) is 5.17. The van der Waals surface area contributed by atoms with Gasteiger partial charge in [-0.15, -0.1) is 6.58 Å². The number of hydrogen-bond acceptors (Lipinski definition) is 2. The molecule has 0 saturated carbocycles. The van der Waals surface area contributed by atoms with Crippen LogP contribution >= 0.6 is 0 Å². The summed E-state index contributed by atoms with van der Waals surface area (Å²) in [6.07, 6.45) is 3.26. The Morgan fingerprint density at radius 3 is 2.82 bits per heavy atom. The van der Waals surface area contributed by atoms with E-state index in [9.17, 15) is 9.90 Å². The molecule has 3 nitrogen and oxygen atoms in total. The number of benzene rings is 1. The molecular weight excluding hydrogens is 214 g/mol. The van der Waals surface area contributed by atoms with Crippen LogP contribution in [0, 0.1) is 0 Å². The van der Waals surface area contributed by atoms with Gasteiger partial charge in [0.2, 0.25) is 0 Å². The monoisotopic (exact) mass is 231 g/mol. The van der Waals surface area contributed by atoms with Crippen LogP contribution in [-0.4, -0.2) is 28.6 Å². The second-order valence-corrected chi connectivity index (χ2v) is 4.37. The highest BCUT2D eigenvalue weighted by molar-refractivity contribution is 5.74. The third-order valence-electron chi connectivity index (χ3n) is 3.25. The molecule has 2 rings (SSSR count). The van der Waals surface area contributed by atoms with Crippen molar-refractivity contribution in [3.63, 3.8) is 0 Å². The lowest BCUT2D eigenvalue weighted by Gasteiger charge is -2.34. The molecule has 0 aromatic heterocycles. The van der Waals surface area contributed by atoms with E-state index < -0.39 is 12.0 Å². The average molecular weight is 231 g/mol. The van der Waals surface area contributed by atoms with Crippen molar-refractivity contribution in [1.29, 1.82) is 0 Å². The Balaban J connectivity index is 2.21. The van der Waals surface area contributed by atoms with E-state index in [1.54, 1.807) is 0 Å². The van der Waals surface area contributed by atoms with Crippen molar-refractivity contribution >= 4 is 5.97 Å². The molecule has 1 atom stereocenters. The molecule has 0 amide bonds. The van der Waals surface area contributed by atoms with Gasteiger partial charge in [-0.3, -0.25) is 9.69 Å². The number of rotatable bonds is 4. The number of aliphatic carboxylic acids is 1. The highest BCUT2D eigenvalue weighted by atomic mass is 16.4. The Morgan fingerprint density at radius 2 is 2.18 bits per heavy atom. The largest absolute Gasteiger partial charge is 0.480 e. The van der Waals surface area contributed by atoms with E-state index in [-0.39, 0.29) is 0 Å². The lowest BCUT2D eigenvalue weighted by molar-refractivity contribution is -0.143. The number of carboxylic acids is 1. The van der Waals surface area contributed by atoms with Crippen LogP contribution < -0.4 is 0 Å². The van der Waals surface area contributed by atoms with Gasteiger partial charge in [0.25, 0.3) is 0 Å². The summed E-state index contributed by atoms with van der Waals surface area (Å²) in [4.78, 5) is 13.3. The first-order valence-electron chi connectivity index (χ1n) is 5.87. The Bertz CT molecular complexity index is 428. The second-order valence-electron chi connectivity index (χ2n) is 4.37. The number of carboxylic acid groups (broad SMARTS) is 1. The van der Waals surface area contributed by atoms with E-state index in [4.69, 9.17) is 0 Å². The highest BCUT2D eigenvalue weighted by Crippen LogP contribution is 2.23. The molecule has 90 valence electrons. The highest BCUT2D eigenvalue weighted by Gasteiger charge is 2.30. The molecule has 0 radical (unpaired) electrons. The van der Waals surface area contributed by atoms with E-state index in [1.165, 1.54) is 5.56 Å². The van der Waals surface area contributed by atoms with E-state index in [0.717, 1.165) is 25.1 Å². The Morgan fingerprint density at radius 1 is 1.47 bits per heavy atom. The number of fused-ring (bicyclic) bond motifs is 1. The summed E-state index contributed by atoms with van der Waals surface area (Å²) < 4.78 is 0. The third kappa shape index (κ3) is 2.56. The fraction of sp³-hybridized carbons (Fsp3) is 0.357. The van der Waals surface area contributed by atoms with E-state index >= 15 is 0 Å². The molecule has 0 spiro atoms. The van der Waals surface area contributed by atoms with Crippen LogP contribution in [0.1, 0.15) is 17.5 Å². The van der Waals surface area contributed by atoms with Gasteiger partial charge in [0.05, 0.1) is 0 Å². The summed E-state index contributed by atoms with van der Waals surface area (Å²) in [5, 5.41) is 9.27. The zero-order valence-electron chi connectivity index (χ0n) is 9.80. The van der Waals surface area contributed by atoms with E-state index in [2.05, 4.69) is 12.6 Å². The minimum absolute atomic E-state index is 0.398. The molecule has 3 heteroatoms. The van der Waals surface area contributed by atoms with Crippen LogP contribution in [0.25, 0.3) is 0 Å². The summed E-state index contributed by atoms with van der Waals surface area (Å²) in [5.74, 6) is -0.733. The molecule has 1 aliphatic rings. The van der Waals surface area contributed by atoms with Gasteiger partial charge >= 0.3 is 5.97 Å². The smallest absolute Gasteiger partial charge is 0.321 e. The van der Waals surface area contributed by atoms with Gasteiger partial charge in [-0.1, -0.05) is 30.3 Å². The number of nitrogens with zero attached hydrogens (tertiary/aromatic N) is 1. The Kier molecular flexibility index (Phi) is 3.59. The summed E-state index contributed by atoms with van der Waals surface area (Å²) >= 11 is 0. The molecule has 1 aliphatic heterocycles. The minimum atomic E-state index is -0.733. The van der Waals surface area contributed by atoms with Gasteiger partial charge in [0.1, 0.15) is 6.04 Å². The quantitative estimate of drug-likeness (QED) is 0.806. The zero-order chi connectivity index (χ0) is 12.3. The van der Waals surface area contributed by atoms with Crippen molar-refractivity contribution in [2.24, 2.45) is 0 Å². The average Bonchev–Trinajstić information content (AvgIpc) is 2.35. The molecule has 0 saturated heterocycles. The molecule has 1 unspecified atom stereocenters. The molecule has 1 aromatic rings. The fourth-order valence-corrected chi connectivity index (χ4v) is 2.31. The maximum atomic E-state index is 11.3. The number of carbonyl (C=O) groups is 1. The first-order valence-corrected chi connectivity index (χ1v) is 5.87. The van der Waals surface area contributed by atoms with Crippen molar-refractivity contribution in [3.05, 3.63) is 48.0 Å². The third-order valence-corrected chi connectivity index (χ3v) is 3.25. The van der Waals surface area contributed by atoms with Crippen LogP contribution in [0.2, 0.25) is 0 Å². The summed E-state index contributed by atoms with van der Waals surface area (Å²) in [5.41, 5.74) is 2.41. The van der Waals surface area contributed by atoms with Crippen LogP contribution in [-0.2, 0) is 17.8 Å². The second kappa shape index (κ2) is 5.15. The topological polar surface area (TPSA) is 40.5 Å². The normalized spacial score (nSPS) is 19.6. The Labute approximate surface area is 101 Å². The van der Waals surface area contributed by atoms with Gasteiger partial charge in [-0.05, 0) is 24.0 Å². The standard InChI is InChI=1S/C14H17NO2/c1-2-3-8-15-10-12-7-5-4-6-11(12)9-13(15)14(16)17/h2,4-7,13H,1,3,8-10H2,(H,16,17). The van der Waals surface area contributed by atoms with Gasteiger partial charge in [0.15, 0.2) is 0 Å². The predicted octanol–water partition coefficient (Wildman–Crippen LogP) is 2.07. The molecule has 1 N–H and O–H groups in total. The van der Waals surface area contributed by atoms with Crippen LogP contribution in [0.15, 0.2) is 36.9 Å². The van der Waals surface area contributed by atoms with Crippen LogP contribution in [0.4, 0.5) is 0 Å². The zero-order valence-corrected chi connectivity index (χ0v) is 9.80. The van der Waals surface area contributed by atoms with Crippen molar-refractivity contribution < 1.29 is 9.90 Å². The van der Waals surface area contributed by atoms with Crippen molar-refractivity contribution in [1.82, 2.24) is 4.90 Å². The maximum absolute atomic E-state index is 11.3. The maximum Gasteiger partial charge on any atom is 0.321 e. The summed E-state index contributed by atoms with van der Waals surface area (Å²) in [7, 11) is 0. The van der Waals surface area contributed by atoms with Crippen LogP contribution in [0.5, 0.6) is 0 Å². The number of hydrogen-bond donors (Lipinski definition) is 1. The molecular formula is C14H17NO2. The summed E-state index contributed by atoms with van der Waals surface area (Å²) in [6, 6.07) is 7.68. The van der Waals surface area contributed by atoms with Gasteiger partial charge in [-0.2, -0.15) is 0 Å². The first kappa shape index (κ1) is 11.9. The molecule has 0 bridgehead atoms. The fourth-order valence-electron chi connectivity index (χ4n) is 2.31. The first-order chi connectivity index (χ1) is 8.22. The van der Waals surface area contributed by atoms with Crippen LogP contribution in [0.3, 0.4) is 0 Å². The minimum Gasteiger partial charge on any atom is -0.480 e. The van der Waals surface area contributed by atoms with Crippen molar-refractivity contribution in [2.75, 3.05) is 6.54 Å². The molecule has 0 aliphatic carbocycles.